The van der Waals surface area contributed by atoms with Crippen LogP contribution in [0.4, 0.5) is 0 Å². The molecule has 1 aromatic rings. The van der Waals surface area contributed by atoms with Gasteiger partial charge in [-0.05, 0) is 12.1 Å². The van der Waals surface area contributed by atoms with Crippen LogP contribution in [-0.2, 0) is 4.74 Å². The van der Waals surface area contributed by atoms with Gasteiger partial charge in [0, 0.05) is 5.56 Å². The summed E-state index contributed by atoms with van der Waals surface area (Å²) in [4.78, 5) is 11.1. The lowest BCUT2D eigenvalue weighted by Crippen LogP contribution is -2.02. The standard InChI is InChI=1S/C10H7ClO2/c1-3-7-5-4-6-8(9(7)11)10(12)13-2/h1,4-6H,2H3. The highest BCUT2D eigenvalue weighted by atomic mass is 35.5. The van der Waals surface area contributed by atoms with Gasteiger partial charge in [-0.25, -0.2) is 4.79 Å². The van der Waals surface area contributed by atoms with E-state index in [1.807, 2.05) is 0 Å². The van der Waals surface area contributed by atoms with E-state index in [0.29, 0.717) is 11.1 Å². The molecule has 0 aliphatic rings. The number of methoxy groups -OCH3 is 1. The zero-order valence-electron chi connectivity index (χ0n) is 7.00. The summed E-state index contributed by atoms with van der Waals surface area (Å²) in [6, 6.07) is 4.89. The summed E-state index contributed by atoms with van der Waals surface area (Å²) in [5.41, 5.74) is 0.782. The molecule has 0 amide bonds. The minimum Gasteiger partial charge on any atom is -0.465 e. The number of esters is 1. The number of ether oxygens (including phenoxy) is 1. The molecule has 0 saturated heterocycles. The molecule has 0 unspecified atom stereocenters. The van der Waals surface area contributed by atoms with Crippen LogP contribution in [0.15, 0.2) is 18.2 Å². The van der Waals surface area contributed by atoms with E-state index in [9.17, 15) is 4.79 Å². The maximum atomic E-state index is 11.1. The predicted molar refractivity (Wildman–Crippen MR) is 50.7 cm³/mol. The highest BCUT2D eigenvalue weighted by Gasteiger charge is 2.11. The summed E-state index contributed by atoms with van der Waals surface area (Å²) in [7, 11) is 1.29. The minimum absolute atomic E-state index is 0.261. The Morgan fingerprint density at radius 3 is 2.85 bits per heavy atom. The van der Waals surface area contributed by atoms with Crippen LogP contribution in [0.3, 0.4) is 0 Å². The summed E-state index contributed by atoms with van der Waals surface area (Å²) in [5.74, 6) is 1.89. The van der Waals surface area contributed by atoms with Gasteiger partial charge in [0.2, 0.25) is 0 Å². The fourth-order valence-electron chi connectivity index (χ4n) is 0.911. The zero-order valence-corrected chi connectivity index (χ0v) is 7.76. The number of carbonyl (C=O) groups is 1. The molecular formula is C10H7ClO2. The molecule has 1 rings (SSSR count). The van der Waals surface area contributed by atoms with Crippen LogP contribution < -0.4 is 0 Å². The Bertz CT molecular complexity index is 377. The number of benzene rings is 1. The molecule has 0 aliphatic carbocycles. The molecule has 0 aliphatic heterocycles. The lowest BCUT2D eigenvalue weighted by Gasteiger charge is -2.02. The van der Waals surface area contributed by atoms with E-state index in [1.165, 1.54) is 7.11 Å². The van der Waals surface area contributed by atoms with E-state index >= 15 is 0 Å². The highest BCUT2D eigenvalue weighted by Crippen LogP contribution is 2.20. The molecule has 0 aromatic heterocycles. The maximum absolute atomic E-state index is 11.1. The number of terminal acetylenes is 1. The molecule has 0 heterocycles. The van der Waals surface area contributed by atoms with E-state index in [4.69, 9.17) is 18.0 Å². The van der Waals surface area contributed by atoms with Gasteiger partial charge in [0.05, 0.1) is 17.7 Å². The maximum Gasteiger partial charge on any atom is 0.339 e. The monoisotopic (exact) mass is 194 g/mol. The third-order valence-corrected chi connectivity index (χ3v) is 1.97. The van der Waals surface area contributed by atoms with Crippen molar-refractivity contribution in [2.45, 2.75) is 0 Å². The van der Waals surface area contributed by atoms with Gasteiger partial charge in [0.1, 0.15) is 0 Å². The Kier molecular flexibility index (Phi) is 2.94. The van der Waals surface area contributed by atoms with E-state index < -0.39 is 5.97 Å². The van der Waals surface area contributed by atoms with Crippen LogP contribution >= 0.6 is 11.6 Å². The van der Waals surface area contributed by atoms with Gasteiger partial charge in [-0.1, -0.05) is 23.6 Å². The first kappa shape index (κ1) is 9.63. The van der Waals surface area contributed by atoms with Crippen molar-refractivity contribution >= 4 is 17.6 Å². The number of carbonyl (C=O) groups excluding carboxylic acids is 1. The molecule has 1 aromatic carbocycles. The zero-order chi connectivity index (χ0) is 9.84. The van der Waals surface area contributed by atoms with Crippen LogP contribution in [-0.4, -0.2) is 13.1 Å². The van der Waals surface area contributed by atoms with Crippen molar-refractivity contribution in [2.75, 3.05) is 7.11 Å². The Morgan fingerprint density at radius 1 is 1.62 bits per heavy atom. The van der Waals surface area contributed by atoms with Gasteiger partial charge >= 0.3 is 5.97 Å². The van der Waals surface area contributed by atoms with E-state index in [1.54, 1.807) is 18.2 Å². The molecule has 0 saturated carbocycles. The summed E-state index contributed by atoms with van der Waals surface area (Å²) in [6.07, 6.45) is 5.17. The van der Waals surface area contributed by atoms with Crippen molar-refractivity contribution in [2.24, 2.45) is 0 Å². The van der Waals surface area contributed by atoms with Crippen LogP contribution in [0.25, 0.3) is 0 Å². The number of halogens is 1. The van der Waals surface area contributed by atoms with Gasteiger partial charge in [0.25, 0.3) is 0 Å². The number of hydrogen-bond acceptors (Lipinski definition) is 2. The first-order valence-electron chi connectivity index (χ1n) is 3.54. The fraction of sp³-hybridized carbons (Fsp3) is 0.100. The van der Waals surface area contributed by atoms with Crippen molar-refractivity contribution in [3.8, 4) is 12.3 Å². The summed E-state index contributed by atoms with van der Waals surface area (Å²) in [5, 5.41) is 0.261. The summed E-state index contributed by atoms with van der Waals surface area (Å²) < 4.78 is 4.52. The molecule has 0 N–H and O–H groups in total. The molecule has 2 nitrogen and oxygen atoms in total. The summed E-state index contributed by atoms with van der Waals surface area (Å²) in [6.45, 7) is 0. The molecule has 13 heavy (non-hydrogen) atoms. The fourth-order valence-corrected chi connectivity index (χ4v) is 1.17. The largest absolute Gasteiger partial charge is 0.465 e. The van der Waals surface area contributed by atoms with Crippen LogP contribution in [0, 0.1) is 12.3 Å². The molecule has 0 radical (unpaired) electrons. The Morgan fingerprint density at radius 2 is 2.31 bits per heavy atom. The predicted octanol–water partition coefficient (Wildman–Crippen LogP) is 2.11. The van der Waals surface area contributed by atoms with E-state index in [0.717, 1.165) is 0 Å². The SMILES string of the molecule is C#Cc1cccc(C(=O)OC)c1Cl. The topological polar surface area (TPSA) is 26.3 Å². The number of hydrogen-bond donors (Lipinski definition) is 0. The Balaban J connectivity index is 3.25. The quantitative estimate of drug-likeness (QED) is 0.506. The summed E-state index contributed by atoms with van der Waals surface area (Å²) >= 11 is 5.84. The van der Waals surface area contributed by atoms with Crippen molar-refractivity contribution in [3.05, 3.63) is 34.3 Å². The lowest BCUT2D eigenvalue weighted by atomic mass is 10.1. The van der Waals surface area contributed by atoms with E-state index in [-0.39, 0.29) is 5.02 Å². The smallest absolute Gasteiger partial charge is 0.339 e. The second kappa shape index (κ2) is 3.97. The molecule has 0 fully saturated rings. The van der Waals surface area contributed by atoms with Crippen LogP contribution in [0.2, 0.25) is 5.02 Å². The van der Waals surface area contributed by atoms with Gasteiger partial charge in [-0.15, -0.1) is 6.42 Å². The first-order valence-corrected chi connectivity index (χ1v) is 3.92. The van der Waals surface area contributed by atoms with Gasteiger partial charge in [-0.2, -0.15) is 0 Å². The normalized spacial score (nSPS) is 9.00. The average Bonchev–Trinajstić information content (AvgIpc) is 2.17. The van der Waals surface area contributed by atoms with Crippen molar-refractivity contribution in [3.63, 3.8) is 0 Å². The van der Waals surface area contributed by atoms with Crippen LogP contribution in [0.1, 0.15) is 15.9 Å². The molecular weight excluding hydrogens is 188 g/mol. The lowest BCUT2D eigenvalue weighted by molar-refractivity contribution is 0.0601. The second-order valence-corrected chi connectivity index (χ2v) is 2.68. The second-order valence-electron chi connectivity index (χ2n) is 2.30. The van der Waals surface area contributed by atoms with Gasteiger partial charge < -0.3 is 4.74 Å². The van der Waals surface area contributed by atoms with E-state index in [2.05, 4.69) is 10.7 Å². The van der Waals surface area contributed by atoms with Gasteiger partial charge in [0.15, 0.2) is 0 Å². The molecule has 3 heteroatoms. The van der Waals surface area contributed by atoms with Crippen molar-refractivity contribution < 1.29 is 9.53 Å². The average molecular weight is 195 g/mol. The van der Waals surface area contributed by atoms with Gasteiger partial charge in [-0.3, -0.25) is 0 Å². The highest BCUT2D eigenvalue weighted by molar-refractivity contribution is 6.34. The molecule has 0 bridgehead atoms. The Hall–Kier alpha value is -1.46. The molecule has 66 valence electrons. The van der Waals surface area contributed by atoms with Crippen molar-refractivity contribution in [1.29, 1.82) is 0 Å². The number of rotatable bonds is 1. The molecule has 0 spiro atoms. The molecule has 0 atom stereocenters. The minimum atomic E-state index is -0.484. The third kappa shape index (κ3) is 1.82. The third-order valence-electron chi connectivity index (χ3n) is 1.56. The van der Waals surface area contributed by atoms with Crippen LogP contribution in [0.5, 0.6) is 0 Å². The Labute approximate surface area is 81.5 Å². The van der Waals surface area contributed by atoms with Crippen molar-refractivity contribution in [1.82, 2.24) is 0 Å². The first-order chi connectivity index (χ1) is 6.20.